The van der Waals surface area contributed by atoms with E-state index in [4.69, 9.17) is 49.8 Å². The zero-order chi connectivity index (χ0) is 29.4. The summed E-state index contributed by atoms with van der Waals surface area (Å²) in [4.78, 5) is 22.9. The van der Waals surface area contributed by atoms with Gasteiger partial charge >= 0.3 is 6.09 Å². The molecular formula is C25H33Cl3N8O4. The summed E-state index contributed by atoms with van der Waals surface area (Å²) in [6.07, 6.45) is 0.150. The van der Waals surface area contributed by atoms with Gasteiger partial charge in [0.15, 0.2) is 5.82 Å². The average Bonchev–Trinajstić information content (AvgIpc) is 2.95. The van der Waals surface area contributed by atoms with Crippen molar-refractivity contribution in [2.24, 2.45) is 5.11 Å². The quantitative estimate of drug-likeness (QED) is 0.227. The standard InChI is InChI=1S/C25H33Cl3N8O4/c1-13(35-29)21(31-3)22-20(28)24(32-14-7-9-36(10-8-14)25(38)39-4)34-23(33-22)18-16(26)5-6-17(19(18)27)40-12-15(37)11-30-2/h5-6,14-15,29-31,37H,7-12H2,1-4H3,(H,32,33,34)/b21-13-,35-29?/t15-/m1/s1. The summed E-state index contributed by atoms with van der Waals surface area (Å²) in [5.74, 6) is 0.782. The van der Waals surface area contributed by atoms with Gasteiger partial charge in [-0.25, -0.2) is 20.3 Å². The molecule has 0 aliphatic carbocycles. The van der Waals surface area contributed by atoms with Crippen LogP contribution in [0.1, 0.15) is 25.5 Å². The van der Waals surface area contributed by atoms with Crippen molar-refractivity contribution in [3.05, 3.63) is 38.6 Å². The Morgan fingerprint density at radius 1 is 1.23 bits per heavy atom. The van der Waals surface area contributed by atoms with Gasteiger partial charge < -0.3 is 35.4 Å². The maximum absolute atomic E-state index is 11.9. The van der Waals surface area contributed by atoms with E-state index in [0.29, 0.717) is 66.7 Å². The van der Waals surface area contributed by atoms with Crippen LogP contribution in [-0.4, -0.2) is 85.7 Å². The third-order valence-electron chi connectivity index (χ3n) is 6.29. The molecule has 5 N–H and O–H groups in total. The highest BCUT2D eigenvalue weighted by Crippen LogP contribution is 2.41. The lowest BCUT2D eigenvalue weighted by Gasteiger charge is -2.32. The Bertz CT molecular complexity index is 1260. The van der Waals surface area contributed by atoms with Crippen LogP contribution in [-0.2, 0) is 4.74 Å². The Morgan fingerprint density at radius 2 is 1.93 bits per heavy atom. The molecular weight excluding hydrogens is 583 g/mol. The molecule has 218 valence electrons. The number of hydrogen-bond acceptors (Lipinski definition) is 11. The fourth-order valence-electron chi connectivity index (χ4n) is 4.21. The Balaban J connectivity index is 2.06. The molecule has 2 aromatic rings. The van der Waals surface area contributed by atoms with E-state index in [2.05, 4.69) is 31.0 Å². The van der Waals surface area contributed by atoms with Gasteiger partial charge in [0.25, 0.3) is 0 Å². The first-order valence-corrected chi connectivity index (χ1v) is 13.7. The van der Waals surface area contributed by atoms with E-state index in [1.165, 1.54) is 7.11 Å². The maximum Gasteiger partial charge on any atom is 0.409 e. The average molecular weight is 616 g/mol. The van der Waals surface area contributed by atoms with Crippen LogP contribution in [0.5, 0.6) is 5.75 Å². The molecule has 12 nitrogen and oxygen atoms in total. The lowest BCUT2D eigenvalue weighted by molar-refractivity contribution is 0.108. The summed E-state index contributed by atoms with van der Waals surface area (Å²) in [6, 6.07) is 3.16. The fourth-order valence-corrected chi connectivity index (χ4v) is 5.03. The third kappa shape index (κ3) is 7.43. The van der Waals surface area contributed by atoms with E-state index in [-0.39, 0.29) is 39.6 Å². The van der Waals surface area contributed by atoms with Crippen LogP contribution < -0.4 is 20.7 Å². The number of aliphatic hydroxyl groups is 1. The summed E-state index contributed by atoms with van der Waals surface area (Å²) >= 11 is 20.1. The zero-order valence-corrected chi connectivity index (χ0v) is 24.9. The summed E-state index contributed by atoms with van der Waals surface area (Å²) in [6.45, 7) is 3.00. The molecule has 0 unspecified atom stereocenters. The van der Waals surface area contributed by atoms with Gasteiger partial charge in [-0.05, 0) is 38.9 Å². The van der Waals surface area contributed by atoms with Crippen molar-refractivity contribution in [3.8, 4) is 17.1 Å². The Hall–Kier alpha value is -2.90. The van der Waals surface area contributed by atoms with E-state index >= 15 is 0 Å². The molecule has 1 atom stereocenters. The van der Waals surface area contributed by atoms with E-state index in [9.17, 15) is 9.90 Å². The van der Waals surface area contributed by atoms with Crippen molar-refractivity contribution in [1.29, 1.82) is 5.53 Å². The largest absolute Gasteiger partial charge is 0.489 e. The second-order valence-corrected chi connectivity index (χ2v) is 10.2. The van der Waals surface area contributed by atoms with Crippen LogP contribution in [0.25, 0.3) is 17.1 Å². The van der Waals surface area contributed by atoms with Crippen LogP contribution in [0.4, 0.5) is 10.6 Å². The molecule has 2 heterocycles. The molecule has 1 fully saturated rings. The summed E-state index contributed by atoms with van der Waals surface area (Å²) < 4.78 is 10.6. The number of carbonyl (C=O) groups is 1. The second kappa shape index (κ2) is 14.6. The lowest BCUT2D eigenvalue weighted by Crippen LogP contribution is -2.42. The Kier molecular flexibility index (Phi) is 11.6. The number of piperidine rings is 1. The molecule has 1 aromatic heterocycles. The molecule has 0 spiro atoms. The van der Waals surface area contributed by atoms with Crippen LogP contribution in [0.2, 0.25) is 15.1 Å². The molecule has 1 amide bonds. The monoisotopic (exact) mass is 614 g/mol. The third-order valence-corrected chi connectivity index (χ3v) is 7.33. The highest BCUT2D eigenvalue weighted by molar-refractivity contribution is 6.40. The smallest absolute Gasteiger partial charge is 0.409 e. The van der Waals surface area contributed by atoms with E-state index in [0.717, 1.165) is 0 Å². The number of nitrogens with zero attached hydrogens (tertiary/aromatic N) is 4. The zero-order valence-electron chi connectivity index (χ0n) is 22.6. The van der Waals surface area contributed by atoms with Gasteiger partial charge in [-0.15, -0.1) is 0 Å². The fraction of sp³-hybridized carbons (Fsp3) is 0.480. The van der Waals surface area contributed by atoms with Crippen molar-refractivity contribution in [1.82, 2.24) is 25.5 Å². The SMILES string of the molecule is CNC[C@@H](O)COc1ccc(Cl)c(-c2nc(NC3CCN(C(=O)OC)CC3)c(Cl)c(/C(NC)=C(\C)N=N)n2)c1Cl. The number of carbonyl (C=O) groups excluding carboxylic acids is 1. The number of allylic oxidation sites excluding steroid dienone is 1. The van der Waals surface area contributed by atoms with Gasteiger partial charge in [0.2, 0.25) is 0 Å². The minimum atomic E-state index is -0.750. The Labute approximate surface area is 247 Å². The van der Waals surface area contributed by atoms with Gasteiger partial charge in [-0.1, -0.05) is 34.8 Å². The molecule has 1 aromatic carbocycles. The van der Waals surface area contributed by atoms with Gasteiger partial charge in [-0.3, -0.25) is 0 Å². The Morgan fingerprint density at radius 3 is 2.52 bits per heavy atom. The van der Waals surface area contributed by atoms with Gasteiger partial charge in [0.1, 0.15) is 35.0 Å². The van der Waals surface area contributed by atoms with Crippen molar-refractivity contribution in [2.45, 2.75) is 31.9 Å². The van der Waals surface area contributed by atoms with Crippen molar-refractivity contribution >= 4 is 52.4 Å². The number of methoxy groups -OCH3 is 1. The van der Waals surface area contributed by atoms with Gasteiger partial charge in [0.05, 0.1) is 34.1 Å². The number of rotatable bonds is 11. The molecule has 1 aliphatic rings. The summed E-state index contributed by atoms with van der Waals surface area (Å²) in [5, 5.41) is 23.5. The lowest BCUT2D eigenvalue weighted by atomic mass is 10.1. The number of ether oxygens (including phenoxy) is 2. The maximum atomic E-state index is 11.9. The molecule has 3 rings (SSSR count). The number of aliphatic hydroxyl groups excluding tert-OH is 1. The van der Waals surface area contributed by atoms with Crippen LogP contribution in [0, 0.1) is 5.53 Å². The first-order valence-electron chi connectivity index (χ1n) is 12.5. The predicted octanol–water partition coefficient (Wildman–Crippen LogP) is 4.64. The highest BCUT2D eigenvalue weighted by atomic mass is 35.5. The number of nitrogens with one attached hydrogen (secondary N) is 4. The number of likely N-dealkylation sites (tertiary alicyclic amines) is 1. The van der Waals surface area contributed by atoms with Crippen LogP contribution >= 0.6 is 34.8 Å². The molecule has 15 heteroatoms. The first kappa shape index (κ1) is 31.6. The molecule has 0 radical (unpaired) electrons. The summed E-state index contributed by atoms with van der Waals surface area (Å²) in [7, 11) is 4.75. The molecule has 1 saturated heterocycles. The number of hydrogen-bond donors (Lipinski definition) is 5. The highest BCUT2D eigenvalue weighted by Gasteiger charge is 2.27. The molecule has 0 bridgehead atoms. The number of likely N-dealkylation sites (N-methyl/N-ethyl adjacent to an activating group) is 1. The molecule has 1 aliphatic heterocycles. The predicted molar refractivity (Wildman–Crippen MR) is 155 cm³/mol. The second-order valence-electron chi connectivity index (χ2n) is 9.01. The number of anilines is 1. The van der Waals surface area contributed by atoms with Gasteiger partial charge in [0, 0.05) is 32.7 Å². The normalized spacial score (nSPS) is 15.2. The van der Waals surface area contributed by atoms with Crippen LogP contribution in [0.3, 0.4) is 0 Å². The van der Waals surface area contributed by atoms with Gasteiger partial charge in [-0.2, -0.15) is 5.11 Å². The summed E-state index contributed by atoms with van der Waals surface area (Å²) in [5.41, 5.74) is 8.88. The van der Waals surface area contributed by atoms with E-state index < -0.39 is 6.10 Å². The molecule has 0 saturated carbocycles. The topological polar surface area (TPSA) is 157 Å². The number of amides is 1. The van der Waals surface area contributed by atoms with Crippen molar-refractivity contribution in [3.63, 3.8) is 0 Å². The van der Waals surface area contributed by atoms with E-state index in [1.807, 2.05) is 0 Å². The van der Waals surface area contributed by atoms with Crippen molar-refractivity contribution in [2.75, 3.05) is 52.8 Å². The van der Waals surface area contributed by atoms with E-state index in [1.54, 1.807) is 38.1 Å². The number of halogens is 3. The van der Waals surface area contributed by atoms with Crippen molar-refractivity contribution < 1.29 is 19.4 Å². The molecule has 40 heavy (non-hydrogen) atoms. The minimum Gasteiger partial charge on any atom is -0.489 e. The number of aromatic nitrogens is 2. The van der Waals surface area contributed by atoms with Crippen LogP contribution in [0.15, 0.2) is 22.9 Å². The first-order chi connectivity index (χ1) is 19.1. The number of benzene rings is 1. The minimum absolute atomic E-state index is 0.00226.